The van der Waals surface area contributed by atoms with Gasteiger partial charge in [-0.1, -0.05) is 60.7 Å². The molecule has 8 nitrogen and oxygen atoms in total. The Bertz CT molecular complexity index is 1310. The minimum Gasteiger partial charge on any atom is -0.454 e. The van der Waals surface area contributed by atoms with E-state index in [1.165, 1.54) is 0 Å². The summed E-state index contributed by atoms with van der Waals surface area (Å²) in [6.07, 6.45) is 0. The van der Waals surface area contributed by atoms with Gasteiger partial charge in [0, 0.05) is 22.5 Å². The first kappa shape index (κ1) is 26.8. The van der Waals surface area contributed by atoms with E-state index in [4.69, 9.17) is 9.47 Å². The van der Waals surface area contributed by atoms with Gasteiger partial charge in [0.05, 0.1) is 17.8 Å². The van der Waals surface area contributed by atoms with E-state index in [-0.39, 0.29) is 24.8 Å². The summed E-state index contributed by atoms with van der Waals surface area (Å²) in [5.74, 6) is -1.69. The van der Waals surface area contributed by atoms with Crippen molar-refractivity contribution in [2.45, 2.75) is 0 Å². The lowest BCUT2D eigenvalue weighted by Gasteiger charge is -2.11. The van der Waals surface area contributed by atoms with Crippen LogP contribution < -0.4 is 10.6 Å². The third-order valence-corrected chi connectivity index (χ3v) is 5.69. The number of nitrogens with one attached hydrogen (secondary N) is 2. The van der Waals surface area contributed by atoms with Crippen LogP contribution in [0, 0.1) is 0 Å². The first-order chi connectivity index (χ1) is 19.0. The van der Waals surface area contributed by atoms with Gasteiger partial charge in [-0.15, -0.1) is 0 Å². The fourth-order valence-electron chi connectivity index (χ4n) is 3.54. The number of Topliss-reactive ketones (excluding diaryl/α,β-unsaturated/α-hetero) is 2. The highest BCUT2D eigenvalue weighted by atomic mass is 16.5. The van der Waals surface area contributed by atoms with Gasteiger partial charge in [0.15, 0.2) is 24.8 Å². The van der Waals surface area contributed by atoms with Crippen molar-refractivity contribution in [2.24, 2.45) is 0 Å². The van der Waals surface area contributed by atoms with Crippen molar-refractivity contribution in [3.63, 3.8) is 0 Å². The molecule has 0 bridgehead atoms. The van der Waals surface area contributed by atoms with Gasteiger partial charge >= 0.3 is 11.9 Å². The Kier molecular flexibility index (Phi) is 9.18. The minimum absolute atomic E-state index is 0.267. The molecule has 4 aromatic rings. The summed E-state index contributed by atoms with van der Waals surface area (Å²) in [4.78, 5) is 48.7. The SMILES string of the molecule is O=C(COC(=O)c1ccc(NCNc2ccc(C(=O)OCC(=O)c3ccccc3)cc2)cc1)c1ccccc1. The molecule has 0 unspecified atom stereocenters. The van der Waals surface area contributed by atoms with Crippen molar-refractivity contribution in [2.75, 3.05) is 30.5 Å². The second-order valence-electron chi connectivity index (χ2n) is 8.42. The second kappa shape index (κ2) is 13.3. The fraction of sp³-hybridized carbons (Fsp3) is 0.0968. The Morgan fingerprint density at radius 3 is 1.18 bits per heavy atom. The Labute approximate surface area is 225 Å². The summed E-state index contributed by atoms with van der Waals surface area (Å²) in [7, 11) is 0. The third kappa shape index (κ3) is 7.87. The standard InChI is InChI=1S/C31H26N2O6/c34-28(22-7-3-1-4-8-22)19-38-30(36)24-11-15-26(16-12-24)32-21-33-27-17-13-25(14-18-27)31(37)39-20-29(35)23-9-5-2-6-10-23/h1-18,32-33H,19-21H2. The number of hydrogen-bond acceptors (Lipinski definition) is 8. The molecule has 0 aromatic heterocycles. The molecule has 0 saturated heterocycles. The molecule has 0 amide bonds. The minimum atomic E-state index is -0.577. The van der Waals surface area contributed by atoms with Crippen LogP contribution in [0.1, 0.15) is 41.4 Å². The van der Waals surface area contributed by atoms with Crippen molar-refractivity contribution >= 4 is 34.9 Å². The maximum atomic E-state index is 12.2. The molecule has 0 spiro atoms. The summed E-state index contributed by atoms with van der Waals surface area (Å²) in [6.45, 7) is -0.269. The zero-order valence-electron chi connectivity index (χ0n) is 21.0. The van der Waals surface area contributed by atoms with Crippen LogP contribution in [0.4, 0.5) is 11.4 Å². The molecule has 0 atom stereocenters. The monoisotopic (exact) mass is 522 g/mol. The molecule has 4 aromatic carbocycles. The van der Waals surface area contributed by atoms with Crippen molar-refractivity contribution in [1.29, 1.82) is 0 Å². The number of carbonyl (C=O) groups excluding carboxylic acids is 4. The smallest absolute Gasteiger partial charge is 0.338 e. The number of rotatable bonds is 12. The van der Waals surface area contributed by atoms with Crippen molar-refractivity contribution in [3.8, 4) is 0 Å². The topological polar surface area (TPSA) is 111 Å². The van der Waals surface area contributed by atoms with Crippen LogP contribution in [0.2, 0.25) is 0 Å². The van der Waals surface area contributed by atoms with E-state index in [1.807, 2.05) is 12.1 Å². The van der Waals surface area contributed by atoms with Crippen LogP contribution in [0.15, 0.2) is 109 Å². The van der Waals surface area contributed by atoms with E-state index in [9.17, 15) is 19.2 Å². The number of carbonyl (C=O) groups is 4. The Balaban J connectivity index is 1.18. The molecule has 0 fully saturated rings. The lowest BCUT2D eigenvalue weighted by molar-refractivity contribution is 0.0472. The van der Waals surface area contributed by atoms with Crippen LogP contribution in [-0.4, -0.2) is 43.4 Å². The maximum absolute atomic E-state index is 12.2. The summed E-state index contributed by atoms with van der Waals surface area (Å²) in [5.41, 5.74) is 3.18. The van der Waals surface area contributed by atoms with E-state index < -0.39 is 11.9 Å². The Morgan fingerprint density at radius 2 is 0.821 bits per heavy atom. The van der Waals surface area contributed by atoms with E-state index in [2.05, 4.69) is 10.6 Å². The summed E-state index contributed by atoms with van der Waals surface area (Å²) < 4.78 is 10.3. The lowest BCUT2D eigenvalue weighted by atomic mass is 10.1. The van der Waals surface area contributed by atoms with Gasteiger partial charge < -0.3 is 20.1 Å². The highest BCUT2D eigenvalue weighted by Gasteiger charge is 2.13. The van der Waals surface area contributed by atoms with E-state index >= 15 is 0 Å². The average Bonchev–Trinajstić information content (AvgIpc) is 3.00. The predicted molar refractivity (Wildman–Crippen MR) is 147 cm³/mol. The molecule has 4 rings (SSSR count). The van der Waals surface area contributed by atoms with E-state index in [0.29, 0.717) is 28.9 Å². The van der Waals surface area contributed by atoms with Gasteiger partial charge in [-0.05, 0) is 48.5 Å². The quantitative estimate of drug-likeness (QED) is 0.148. The van der Waals surface area contributed by atoms with E-state index in [1.54, 1.807) is 97.1 Å². The van der Waals surface area contributed by atoms with E-state index in [0.717, 1.165) is 11.4 Å². The van der Waals surface area contributed by atoms with Crippen LogP contribution >= 0.6 is 0 Å². The van der Waals surface area contributed by atoms with Gasteiger partial charge in [-0.25, -0.2) is 9.59 Å². The van der Waals surface area contributed by atoms with Crippen molar-refractivity contribution in [1.82, 2.24) is 0 Å². The summed E-state index contributed by atoms with van der Waals surface area (Å²) in [6, 6.07) is 30.7. The van der Waals surface area contributed by atoms with Crippen LogP contribution in [-0.2, 0) is 9.47 Å². The van der Waals surface area contributed by atoms with Crippen LogP contribution in [0.3, 0.4) is 0 Å². The summed E-state index contributed by atoms with van der Waals surface area (Å²) in [5, 5.41) is 6.34. The largest absolute Gasteiger partial charge is 0.454 e. The molecule has 196 valence electrons. The molecule has 0 radical (unpaired) electrons. The Hall–Kier alpha value is -5.24. The normalized spacial score (nSPS) is 10.3. The average molecular weight is 523 g/mol. The van der Waals surface area contributed by atoms with Crippen LogP contribution in [0.5, 0.6) is 0 Å². The van der Waals surface area contributed by atoms with Gasteiger partial charge in [-0.2, -0.15) is 0 Å². The van der Waals surface area contributed by atoms with Gasteiger partial charge in [0.1, 0.15) is 0 Å². The molecular formula is C31H26N2O6. The molecule has 0 saturated carbocycles. The predicted octanol–water partition coefficient (Wildman–Crippen LogP) is 5.25. The first-order valence-corrected chi connectivity index (χ1v) is 12.2. The maximum Gasteiger partial charge on any atom is 0.338 e. The van der Waals surface area contributed by atoms with Gasteiger partial charge in [-0.3, -0.25) is 9.59 Å². The first-order valence-electron chi connectivity index (χ1n) is 12.2. The number of benzene rings is 4. The molecule has 39 heavy (non-hydrogen) atoms. The zero-order valence-corrected chi connectivity index (χ0v) is 21.0. The number of anilines is 2. The molecule has 0 aliphatic rings. The summed E-state index contributed by atoms with van der Waals surface area (Å²) >= 11 is 0. The van der Waals surface area contributed by atoms with Gasteiger partial charge in [0.25, 0.3) is 0 Å². The lowest BCUT2D eigenvalue weighted by Crippen LogP contribution is -2.15. The Morgan fingerprint density at radius 1 is 0.462 bits per heavy atom. The van der Waals surface area contributed by atoms with Gasteiger partial charge in [0.2, 0.25) is 0 Å². The molecular weight excluding hydrogens is 496 g/mol. The second-order valence-corrected chi connectivity index (χ2v) is 8.42. The molecule has 8 heteroatoms. The molecule has 0 heterocycles. The highest BCUT2D eigenvalue weighted by Crippen LogP contribution is 2.13. The fourth-order valence-corrected chi connectivity index (χ4v) is 3.54. The van der Waals surface area contributed by atoms with Crippen molar-refractivity contribution in [3.05, 3.63) is 131 Å². The third-order valence-electron chi connectivity index (χ3n) is 5.69. The number of hydrogen-bond donors (Lipinski definition) is 2. The molecule has 2 N–H and O–H groups in total. The van der Waals surface area contributed by atoms with Crippen LogP contribution in [0.25, 0.3) is 0 Å². The van der Waals surface area contributed by atoms with Crippen molar-refractivity contribution < 1.29 is 28.7 Å². The number of ether oxygens (including phenoxy) is 2. The zero-order chi connectivity index (χ0) is 27.5. The molecule has 0 aliphatic heterocycles. The molecule has 0 aliphatic carbocycles. The highest BCUT2D eigenvalue weighted by molar-refractivity contribution is 6.00. The number of esters is 2. The number of ketones is 2.